The first-order chi connectivity index (χ1) is 28.8. The highest BCUT2D eigenvalue weighted by atomic mass is 15.2. The molecule has 0 spiro atoms. The Bertz CT molecular complexity index is 3490. The Balaban J connectivity index is 1.10. The van der Waals surface area contributed by atoms with Crippen LogP contribution in [0.25, 0.3) is 111 Å². The lowest BCUT2D eigenvalue weighted by Crippen LogP contribution is -2.06. The van der Waals surface area contributed by atoms with Gasteiger partial charge in [0.25, 0.3) is 0 Å². The number of fused-ring (bicyclic) bond motifs is 9. The van der Waals surface area contributed by atoms with Gasteiger partial charge in [-0.2, -0.15) is 9.97 Å². The summed E-state index contributed by atoms with van der Waals surface area (Å²) in [5, 5.41) is 9.70. The van der Waals surface area contributed by atoms with Crippen molar-refractivity contribution < 1.29 is 0 Å². The summed E-state index contributed by atoms with van der Waals surface area (Å²) in [7, 11) is 0. The predicted octanol–water partition coefficient (Wildman–Crippen LogP) is 13.4. The van der Waals surface area contributed by atoms with Crippen LogP contribution >= 0.6 is 0 Å². The fourth-order valence-electron chi connectivity index (χ4n) is 8.92. The van der Waals surface area contributed by atoms with Gasteiger partial charge in [-0.1, -0.05) is 146 Å². The Morgan fingerprint density at radius 2 is 0.810 bits per heavy atom. The molecule has 12 rings (SSSR count). The van der Waals surface area contributed by atoms with Crippen molar-refractivity contribution in [3.63, 3.8) is 0 Å². The molecule has 3 aromatic heterocycles. The Morgan fingerprint density at radius 1 is 0.293 bits per heavy atom. The lowest BCUT2D eigenvalue weighted by molar-refractivity contribution is 0.953. The minimum Gasteiger partial charge on any atom is -0.309 e. The van der Waals surface area contributed by atoms with Crippen LogP contribution in [0.1, 0.15) is 0 Å². The number of aromatic nitrogens is 5. The first-order valence-corrected chi connectivity index (χ1v) is 19.6. The molecule has 12 aromatic rings. The molecule has 0 N–H and O–H groups in total. The van der Waals surface area contributed by atoms with Gasteiger partial charge in [-0.3, -0.25) is 4.57 Å². The second-order valence-electron chi connectivity index (χ2n) is 14.8. The molecule has 0 atom stereocenters. The van der Waals surface area contributed by atoms with Crippen LogP contribution in [0.5, 0.6) is 0 Å². The molecule has 0 fully saturated rings. The predicted molar refractivity (Wildman–Crippen MR) is 240 cm³/mol. The van der Waals surface area contributed by atoms with Crippen molar-refractivity contribution in [2.24, 2.45) is 0 Å². The van der Waals surface area contributed by atoms with Crippen LogP contribution in [0.2, 0.25) is 0 Å². The standard InChI is InChI=1S/C53H33N5/c1-4-16-34(17-5-1)51-54-52(35-18-6-2-7-19-35)56-53(55-51)58-48-27-15-13-24-41(48)45-30-36(28-29-49(45)58)43-31-37-32-50-46(33-44(37)40-23-11-10-22-39(40)43)42-25-12-14-26-47(42)57(50)38-20-8-3-9-21-38/h1-33H. The molecule has 0 aliphatic rings. The number of hydrogen-bond acceptors (Lipinski definition) is 3. The molecule has 0 radical (unpaired) electrons. The SMILES string of the molecule is c1ccc(-c2nc(-c3ccccc3)nc(-n3c4ccccc4c4cc(-c5cc6cc7c(cc6c6ccccc56)c5ccccc5n7-c5ccccc5)ccc43)n2)cc1. The van der Waals surface area contributed by atoms with Crippen molar-refractivity contribution in [2.45, 2.75) is 0 Å². The second-order valence-corrected chi connectivity index (χ2v) is 14.8. The summed E-state index contributed by atoms with van der Waals surface area (Å²) in [5.74, 6) is 1.85. The Kier molecular flexibility index (Phi) is 7.16. The van der Waals surface area contributed by atoms with Gasteiger partial charge in [0.05, 0.1) is 22.1 Å². The van der Waals surface area contributed by atoms with Crippen LogP contribution in [-0.2, 0) is 0 Å². The van der Waals surface area contributed by atoms with Gasteiger partial charge in [0.2, 0.25) is 5.95 Å². The van der Waals surface area contributed by atoms with Crippen LogP contribution < -0.4 is 0 Å². The van der Waals surface area contributed by atoms with E-state index in [0.29, 0.717) is 17.6 Å². The molecule has 5 heteroatoms. The lowest BCUT2D eigenvalue weighted by atomic mass is 9.92. The highest BCUT2D eigenvalue weighted by molar-refractivity contribution is 6.21. The van der Waals surface area contributed by atoms with Crippen molar-refractivity contribution in [2.75, 3.05) is 0 Å². The van der Waals surface area contributed by atoms with E-state index in [2.05, 4.69) is 149 Å². The zero-order valence-corrected chi connectivity index (χ0v) is 31.3. The highest BCUT2D eigenvalue weighted by Crippen LogP contribution is 2.42. The maximum Gasteiger partial charge on any atom is 0.238 e. The number of hydrogen-bond donors (Lipinski definition) is 0. The van der Waals surface area contributed by atoms with Gasteiger partial charge in [-0.25, -0.2) is 4.98 Å². The normalized spacial score (nSPS) is 11.8. The van der Waals surface area contributed by atoms with Crippen molar-refractivity contribution in [1.82, 2.24) is 24.1 Å². The molecule has 0 aliphatic heterocycles. The minimum atomic E-state index is 0.584. The smallest absolute Gasteiger partial charge is 0.238 e. The van der Waals surface area contributed by atoms with E-state index in [1.807, 2.05) is 60.7 Å². The van der Waals surface area contributed by atoms with Gasteiger partial charge in [0, 0.05) is 38.4 Å². The largest absolute Gasteiger partial charge is 0.309 e. The number of para-hydroxylation sites is 3. The quantitative estimate of drug-likeness (QED) is 0.165. The average molecular weight is 740 g/mol. The number of nitrogens with zero attached hydrogens (tertiary/aromatic N) is 5. The van der Waals surface area contributed by atoms with Crippen LogP contribution in [0, 0.1) is 0 Å². The fraction of sp³-hybridized carbons (Fsp3) is 0. The van der Waals surface area contributed by atoms with Gasteiger partial charge in [-0.05, 0) is 87.3 Å². The highest BCUT2D eigenvalue weighted by Gasteiger charge is 2.20. The second kappa shape index (κ2) is 12.8. The molecule has 58 heavy (non-hydrogen) atoms. The molecule has 0 amide bonds. The molecule has 0 saturated carbocycles. The summed E-state index contributed by atoms with van der Waals surface area (Å²) >= 11 is 0. The fourth-order valence-corrected chi connectivity index (χ4v) is 8.92. The molecule has 3 heterocycles. The third-order valence-electron chi connectivity index (χ3n) is 11.5. The van der Waals surface area contributed by atoms with Gasteiger partial charge >= 0.3 is 0 Å². The minimum absolute atomic E-state index is 0.584. The Labute approximate surface area is 333 Å². The van der Waals surface area contributed by atoms with Gasteiger partial charge in [0.15, 0.2) is 11.6 Å². The van der Waals surface area contributed by atoms with Crippen molar-refractivity contribution >= 4 is 65.2 Å². The van der Waals surface area contributed by atoms with Crippen molar-refractivity contribution in [1.29, 1.82) is 0 Å². The first-order valence-electron chi connectivity index (χ1n) is 19.6. The molecular formula is C53H33N5. The van der Waals surface area contributed by atoms with Crippen LogP contribution in [0.15, 0.2) is 200 Å². The molecule has 0 bridgehead atoms. The summed E-state index contributed by atoms with van der Waals surface area (Å²) in [5.41, 5.74) is 9.86. The summed E-state index contributed by atoms with van der Waals surface area (Å²) in [6, 6.07) is 71.1. The maximum absolute atomic E-state index is 5.14. The Hall–Kier alpha value is -7.89. The summed E-state index contributed by atoms with van der Waals surface area (Å²) in [6.07, 6.45) is 0. The maximum atomic E-state index is 5.14. The molecule has 270 valence electrons. The molecule has 9 aromatic carbocycles. The van der Waals surface area contributed by atoms with E-state index in [4.69, 9.17) is 15.0 Å². The van der Waals surface area contributed by atoms with Gasteiger partial charge in [0.1, 0.15) is 0 Å². The van der Waals surface area contributed by atoms with Crippen LogP contribution in [0.3, 0.4) is 0 Å². The number of benzene rings is 9. The van der Waals surface area contributed by atoms with E-state index >= 15 is 0 Å². The van der Waals surface area contributed by atoms with E-state index in [1.54, 1.807) is 0 Å². The summed E-state index contributed by atoms with van der Waals surface area (Å²) in [4.78, 5) is 15.2. The summed E-state index contributed by atoms with van der Waals surface area (Å²) in [6.45, 7) is 0. The Morgan fingerprint density at radius 3 is 1.47 bits per heavy atom. The lowest BCUT2D eigenvalue weighted by Gasteiger charge is -2.13. The number of rotatable bonds is 5. The van der Waals surface area contributed by atoms with Crippen LogP contribution in [0.4, 0.5) is 0 Å². The summed E-state index contributed by atoms with van der Waals surface area (Å²) < 4.78 is 4.58. The van der Waals surface area contributed by atoms with E-state index in [0.717, 1.165) is 44.2 Å². The van der Waals surface area contributed by atoms with Crippen LogP contribution in [-0.4, -0.2) is 24.1 Å². The molecule has 0 unspecified atom stereocenters. The van der Waals surface area contributed by atoms with E-state index < -0.39 is 0 Å². The zero-order valence-electron chi connectivity index (χ0n) is 31.3. The van der Waals surface area contributed by atoms with Crippen molar-refractivity contribution in [3.8, 4) is 45.5 Å². The molecule has 0 saturated heterocycles. The molecular weight excluding hydrogens is 707 g/mol. The monoisotopic (exact) mass is 739 g/mol. The van der Waals surface area contributed by atoms with Crippen molar-refractivity contribution in [3.05, 3.63) is 200 Å². The van der Waals surface area contributed by atoms with Gasteiger partial charge < -0.3 is 4.57 Å². The first kappa shape index (κ1) is 32.4. The average Bonchev–Trinajstić information content (AvgIpc) is 3.81. The van der Waals surface area contributed by atoms with Gasteiger partial charge in [-0.15, -0.1) is 0 Å². The molecule has 0 aliphatic carbocycles. The van der Waals surface area contributed by atoms with E-state index in [1.165, 1.54) is 48.9 Å². The third-order valence-corrected chi connectivity index (χ3v) is 11.5. The third kappa shape index (κ3) is 5.00. The van der Waals surface area contributed by atoms with E-state index in [-0.39, 0.29) is 0 Å². The zero-order chi connectivity index (χ0) is 38.2. The molecule has 5 nitrogen and oxygen atoms in total. The van der Waals surface area contributed by atoms with E-state index in [9.17, 15) is 0 Å². The topological polar surface area (TPSA) is 48.5 Å².